The second kappa shape index (κ2) is 17.8. The fourth-order valence-corrected chi connectivity index (χ4v) is 12.6. The molecule has 2 aliphatic carbocycles. The van der Waals surface area contributed by atoms with Crippen molar-refractivity contribution < 1.29 is 0 Å². The highest BCUT2D eigenvalue weighted by Gasteiger charge is 2.48. The van der Waals surface area contributed by atoms with Gasteiger partial charge >= 0.3 is 0 Å². The average molecular weight is 970 g/mol. The Kier molecular flexibility index (Phi) is 11.4. The smallest absolute Gasteiger partial charge is 0.0714 e. The van der Waals surface area contributed by atoms with Gasteiger partial charge in [-0.2, -0.15) is 0 Å². The van der Waals surface area contributed by atoms with Gasteiger partial charge < -0.3 is 4.90 Å². The zero-order valence-corrected chi connectivity index (χ0v) is 45.0. The standard InChI is InChI=1S/C74H67N/c1-70(2,3)52-32-28-50(29-33-52)51-30-42-59(43-31-51)75(60-44-46-64-62-24-16-18-26-66(62)73(68(64)48-60,55-20-12-10-13-21-55)57-38-34-53(35-39-57)71(4,5)6)61-45-47-65-63-25-17-19-27-67(63)74(69(65)49-61,56-22-14-11-15-23-56)58-40-36-54(37-41-58)72(7,8)9/h10-49H,1-9H3. The van der Waals surface area contributed by atoms with Gasteiger partial charge in [0.05, 0.1) is 10.8 Å². The largest absolute Gasteiger partial charge is 0.310 e. The predicted molar refractivity (Wildman–Crippen MR) is 317 cm³/mol. The van der Waals surface area contributed by atoms with Crippen LogP contribution in [0.5, 0.6) is 0 Å². The number of fused-ring (bicyclic) bond motifs is 6. The molecule has 75 heavy (non-hydrogen) atoms. The molecule has 2 unspecified atom stereocenters. The minimum atomic E-state index is -0.574. The molecule has 0 aromatic heterocycles. The van der Waals surface area contributed by atoms with Gasteiger partial charge in [0, 0.05) is 17.1 Å². The molecule has 0 N–H and O–H groups in total. The third kappa shape index (κ3) is 7.81. The molecule has 0 spiro atoms. The van der Waals surface area contributed by atoms with Crippen molar-refractivity contribution in [2.45, 2.75) is 89.4 Å². The van der Waals surface area contributed by atoms with Crippen molar-refractivity contribution in [3.63, 3.8) is 0 Å². The van der Waals surface area contributed by atoms with E-state index in [4.69, 9.17) is 0 Å². The number of hydrogen-bond acceptors (Lipinski definition) is 1. The topological polar surface area (TPSA) is 3.24 Å². The van der Waals surface area contributed by atoms with Gasteiger partial charge in [-0.3, -0.25) is 0 Å². The van der Waals surface area contributed by atoms with E-state index in [1.807, 2.05) is 0 Å². The van der Waals surface area contributed by atoms with Gasteiger partial charge in [-0.05, 0) is 147 Å². The van der Waals surface area contributed by atoms with Crippen molar-refractivity contribution in [1.29, 1.82) is 0 Å². The Morgan fingerprint density at radius 2 is 0.547 bits per heavy atom. The average Bonchev–Trinajstić information content (AvgIpc) is 3.94. The van der Waals surface area contributed by atoms with Crippen molar-refractivity contribution in [3.05, 3.63) is 304 Å². The summed E-state index contributed by atoms with van der Waals surface area (Å²) in [5.74, 6) is 0. The molecule has 1 heteroatoms. The summed E-state index contributed by atoms with van der Waals surface area (Å²) in [6, 6.07) is 92.5. The molecular formula is C74H67N. The van der Waals surface area contributed by atoms with E-state index in [-0.39, 0.29) is 16.2 Å². The number of hydrogen-bond donors (Lipinski definition) is 0. The number of rotatable bonds is 8. The molecule has 2 atom stereocenters. The van der Waals surface area contributed by atoms with Gasteiger partial charge in [0.25, 0.3) is 0 Å². The highest BCUT2D eigenvalue weighted by molar-refractivity contribution is 5.92. The van der Waals surface area contributed by atoms with Crippen molar-refractivity contribution >= 4 is 17.1 Å². The zero-order chi connectivity index (χ0) is 51.9. The highest BCUT2D eigenvalue weighted by Crippen LogP contribution is 2.60. The van der Waals surface area contributed by atoms with Gasteiger partial charge in [-0.1, -0.05) is 269 Å². The van der Waals surface area contributed by atoms with Crippen LogP contribution in [0.15, 0.2) is 243 Å². The summed E-state index contributed by atoms with van der Waals surface area (Å²) < 4.78 is 0. The van der Waals surface area contributed by atoms with Gasteiger partial charge in [0.15, 0.2) is 0 Å². The minimum absolute atomic E-state index is 0.0221. The number of benzene rings is 10. The van der Waals surface area contributed by atoms with Crippen LogP contribution in [-0.2, 0) is 27.1 Å². The van der Waals surface area contributed by atoms with Crippen LogP contribution >= 0.6 is 0 Å². The van der Waals surface area contributed by atoms with E-state index in [1.54, 1.807) is 0 Å². The third-order valence-corrected chi connectivity index (χ3v) is 16.6. The van der Waals surface area contributed by atoms with E-state index < -0.39 is 10.8 Å². The molecule has 0 fully saturated rings. The molecule has 368 valence electrons. The summed E-state index contributed by atoms with van der Waals surface area (Å²) in [7, 11) is 0. The summed E-state index contributed by atoms with van der Waals surface area (Å²) >= 11 is 0. The van der Waals surface area contributed by atoms with Crippen LogP contribution < -0.4 is 4.90 Å². The van der Waals surface area contributed by atoms with Crippen molar-refractivity contribution in [3.8, 4) is 33.4 Å². The van der Waals surface area contributed by atoms with Crippen LogP contribution in [-0.4, -0.2) is 0 Å². The quantitative estimate of drug-likeness (QED) is 0.147. The number of anilines is 3. The molecule has 12 rings (SSSR count). The third-order valence-electron chi connectivity index (χ3n) is 16.6. The van der Waals surface area contributed by atoms with E-state index in [2.05, 4.69) is 310 Å². The minimum Gasteiger partial charge on any atom is -0.310 e. The van der Waals surface area contributed by atoms with Crippen molar-refractivity contribution in [1.82, 2.24) is 0 Å². The molecule has 0 bridgehead atoms. The first kappa shape index (κ1) is 48.0. The summed E-state index contributed by atoms with van der Waals surface area (Å²) in [5, 5.41) is 0. The lowest BCUT2D eigenvalue weighted by molar-refractivity contribution is 0.589. The molecule has 0 amide bonds. The Bertz CT molecular complexity index is 3510. The second-order valence-corrected chi connectivity index (χ2v) is 24.1. The Morgan fingerprint density at radius 1 is 0.253 bits per heavy atom. The lowest BCUT2D eigenvalue weighted by atomic mass is 9.67. The molecule has 0 radical (unpaired) electrons. The maximum Gasteiger partial charge on any atom is 0.0714 e. The molecular weight excluding hydrogens is 903 g/mol. The SMILES string of the molecule is CC(C)(C)c1ccc(-c2ccc(N(c3ccc4c(c3)C(c3ccccc3)(c3ccc(C(C)(C)C)cc3)c3ccccc3-4)c3ccc4c(c3)C(c3ccccc3)(c3ccc(C(C)(C)C)cc3)c3ccccc3-4)cc2)cc1. The summed E-state index contributed by atoms with van der Waals surface area (Å²) in [4.78, 5) is 2.51. The lowest BCUT2D eigenvalue weighted by Crippen LogP contribution is -2.29. The van der Waals surface area contributed by atoms with Gasteiger partial charge in [-0.15, -0.1) is 0 Å². The van der Waals surface area contributed by atoms with Crippen LogP contribution in [0.3, 0.4) is 0 Å². The van der Waals surface area contributed by atoms with E-state index in [9.17, 15) is 0 Å². The fourth-order valence-electron chi connectivity index (χ4n) is 12.6. The zero-order valence-electron chi connectivity index (χ0n) is 45.0. The molecule has 10 aromatic rings. The van der Waals surface area contributed by atoms with Crippen LogP contribution in [0, 0.1) is 0 Å². The molecule has 0 aliphatic heterocycles. The Morgan fingerprint density at radius 3 is 0.920 bits per heavy atom. The first-order valence-corrected chi connectivity index (χ1v) is 26.9. The molecule has 10 aromatic carbocycles. The van der Waals surface area contributed by atoms with Crippen LogP contribution in [0.1, 0.15) is 124 Å². The first-order valence-electron chi connectivity index (χ1n) is 26.9. The van der Waals surface area contributed by atoms with Crippen LogP contribution in [0.25, 0.3) is 33.4 Å². The first-order chi connectivity index (χ1) is 36.1. The Labute approximate surface area is 446 Å². The molecule has 0 saturated heterocycles. The lowest BCUT2D eigenvalue weighted by Gasteiger charge is -2.36. The monoisotopic (exact) mass is 970 g/mol. The Hall–Kier alpha value is -8.00. The van der Waals surface area contributed by atoms with Crippen molar-refractivity contribution in [2.24, 2.45) is 0 Å². The van der Waals surface area contributed by atoms with Crippen molar-refractivity contribution in [2.75, 3.05) is 4.90 Å². The van der Waals surface area contributed by atoms with Gasteiger partial charge in [0.1, 0.15) is 0 Å². The Balaban J connectivity index is 1.11. The molecule has 2 aliphatic rings. The number of nitrogens with zero attached hydrogens (tertiary/aromatic N) is 1. The summed E-state index contributed by atoms with van der Waals surface area (Å²) in [6.07, 6.45) is 0. The maximum atomic E-state index is 2.51. The van der Waals surface area contributed by atoms with E-state index >= 15 is 0 Å². The van der Waals surface area contributed by atoms with Gasteiger partial charge in [0.2, 0.25) is 0 Å². The normalized spacial score (nSPS) is 16.7. The fraction of sp³-hybridized carbons (Fsp3) is 0.189. The van der Waals surface area contributed by atoms with E-state index in [0.717, 1.165) is 17.1 Å². The molecule has 1 nitrogen and oxygen atoms in total. The second-order valence-electron chi connectivity index (χ2n) is 24.1. The summed E-state index contributed by atoms with van der Waals surface area (Å²) in [6.45, 7) is 20.6. The van der Waals surface area contributed by atoms with E-state index in [1.165, 1.54) is 94.6 Å². The van der Waals surface area contributed by atoms with Crippen LogP contribution in [0.4, 0.5) is 17.1 Å². The molecule has 0 heterocycles. The summed E-state index contributed by atoms with van der Waals surface area (Å²) in [5.41, 5.74) is 23.9. The molecule has 0 saturated carbocycles. The van der Waals surface area contributed by atoms with Crippen LogP contribution in [0.2, 0.25) is 0 Å². The highest BCUT2D eigenvalue weighted by atomic mass is 15.1. The predicted octanol–water partition coefficient (Wildman–Crippen LogP) is 19.4. The van der Waals surface area contributed by atoms with Gasteiger partial charge in [-0.25, -0.2) is 0 Å². The van der Waals surface area contributed by atoms with E-state index in [0.29, 0.717) is 0 Å². The maximum absolute atomic E-state index is 2.51.